The average molecular weight is 696 g/mol. The normalized spacial score (nSPS) is 8.89. The summed E-state index contributed by atoms with van der Waals surface area (Å²) in [6.45, 7) is 0. The monoisotopic (exact) mass is 694 g/mol. The Morgan fingerprint density at radius 1 is 0.511 bits per heavy atom. The summed E-state index contributed by atoms with van der Waals surface area (Å²) in [6, 6.07) is 7.93. The van der Waals surface area contributed by atoms with Crippen LogP contribution in [0.3, 0.4) is 0 Å². The van der Waals surface area contributed by atoms with Gasteiger partial charge in [-0.05, 0) is 57.6 Å². The van der Waals surface area contributed by atoms with E-state index < -0.39 is 23.1 Å². The number of pyridine rings is 2. The molecule has 22 nitrogen and oxygen atoms in total. The van der Waals surface area contributed by atoms with Crippen LogP contribution in [0.2, 0.25) is 0 Å². The van der Waals surface area contributed by atoms with E-state index in [1.807, 2.05) is 24.3 Å². The second kappa shape index (κ2) is 19.9. The van der Waals surface area contributed by atoms with Gasteiger partial charge in [-0.3, -0.25) is 19.1 Å². The van der Waals surface area contributed by atoms with Crippen LogP contribution in [0.5, 0.6) is 11.8 Å². The SMILES string of the molecule is Cn1c2nnnc-2c([O-])n(C)c1=O.Cn1c2nnnc-2c([O-])n(C)c1=O.[OH3+].[OH3+].[OH3+].[OH3+].[OH3+].[OH3+].[Zn+2].c1cc(-c2ccncc2)ccn1. The summed E-state index contributed by atoms with van der Waals surface area (Å²) < 4.78 is 4.41. The van der Waals surface area contributed by atoms with Crippen molar-refractivity contribution in [3.63, 3.8) is 0 Å². The molecule has 2 aromatic rings. The quantitative estimate of drug-likeness (QED) is 0.114. The molecule has 0 atom stereocenters. The third-order valence-corrected chi connectivity index (χ3v) is 5.48. The summed E-state index contributed by atoms with van der Waals surface area (Å²) in [4.78, 5) is 30.6. The molecule has 45 heavy (non-hydrogen) atoms. The molecule has 0 saturated heterocycles. The van der Waals surface area contributed by atoms with Gasteiger partial charge in [0, 0.05) is 53.0 Å². The van der Waals surface area contributed by atoms with E-state index in [1.54, 1.807) is 24.8 Å². The van der Waals surface area contributed by atoms with Crippen LogP contribution in [0.25, 0.3) is 34.2 Å². The zero-order valence-electron chi connectivity index (χ0n) is 24.8. The number of hydrogen-bond donors (Lipinski definition) is 0. The maximum Gasteiger partial charge on any atom is 2.00 e. The van der Waals surface area contributed by atoms with Gasteiger partial charge in [-0.1, -0.05) is 0 Å². The van der Waals surface area contributed by atoms with Crippen molar-refractivity contribution in [3.8, 4) is 45.9 Å². The zero-order valence-corrected chi connectivity index (χ0v) is 27.8. The molecule has 0 radical (unpaired) electrons. The van der Waals surface area contributed by atoms with Gasteiger partial charge in [0.1, 0.15) is 11.4 Å². The third kappa shape index (κ3) is 9.41. The molecule has 0 fully saturated rings. The van der Waals surface area contributed by atoms with Gasteiger partial charge in [-0.2, -0.15) is 0 Å². The molecule has 2 aromatic heterocycles. The number of fused-ring (bicyclic) bond motifs is 2. The Kier molecular flexibility index (Phi) is 20.7. The molecule has 0 amide bonds. The third-order valence-electron chi connectivity index (χ3n) is 5.48. The van der Waals surface area contributed by atoms with Crippen molar-refractivity contribution < 1.29 is 62.5 Å². The zero-order chi connectivity index (χ0) is 27.4. The predicted molar refractivity (Wildman–Crippen MR) is 157 cm³/mol. The number of aromatic nitrogens is 12. The van der Waals surface area contributed by atoms with Crippen LogP contribution < -0.4 is 21.6 Å². The van der Waals surface area contributed by atoms with Crippen LogP contribution in [0.4, 0.5) is 0 Å². The maximum absolute atomic E-state index is 11.4. The summed E-state index contributed by atoms with van der Waals surface area (Å²) in [5, 5.41) is 43.6. The fourth-order valence-electron chi connectivity index (χ4n) is 3.34. The Labute approximate surface area is 265 Å². The Bertz CT molecular complexity index is 1620. The first kappa shape index (κ1) is 46.8. The maximum atomic E-state index is 11.4. The van der Waals surface area contributed by atoms with E-state index in [0.717, 1.165) is 9.13 Å². The second-order valence-electron chi connectivity index (χ2n) is 7.81. The van der Waals surface area contributed by atoms with Crippen LogP contribution >= 0.6 is 0 Å². The van der Waals surface area contributed by atoms with Crippen LogP contribution in [-0.4, -0.2) is 59.1 Å². The molecule has 4 aliphatic heterocycles. The van der Waals surface area contributed by atoms with Crippen LogP contribution in [0, 0.1) is 0 Å². The van der Waals surface area contributed by atoms with Crippen molar-refractivity contribution in [3.05, 3.63) is 70.0 Å². The minimum absolute atomic E-state index is 0. The standard InChI is InChI=1S/C10H8N2.2C6H7N5O2.6H2O.Zn/c1-5-11-6-2-9(1)10-3-7-12-8-4-10;2*1-10-4-3(7-9-8-4)5(12)11(2)6(10)13;;;;;;;/h1-8H;2*12H,1-2H3;6*1H2;/q;;;;;;;;;+2/p+4. The van der Waals surface area contributed by atoms with E-state index >= 15 is 0 Å². The molecule has 6 rings (SSSR count). The van der Waals surface area contributed by atoms with E-state index in [9.17, 15) is 19.8 Å². The molecule has 0 bridgehead atoms. The summed E-state index contributed by atoms with van der Waals surface area (Å²) >= 11 is 0. The van der Waals surface area contributed by atoms with Crippen LogP contribution in [0.1, 0.15) is 0 Å². The van der Waals surface area contributed by atoms with Crippen molar-refractivity contribution in [2.75, 3.05) is 0 Å². The van der Waals surface area contributed by atoms with E-state index in [2.05, 4.69) is 40.8 Å². The first-order valence-corrected chi connectivity index (χ1v) is 10.9. The minimum Gasteiger partial charge on any atom is -0.858 e. The van der Waals surface area contributed by atoms with Crippen molar-refractivity contribution in [1.29, 1.82) is 0 Å². The molecule has 242 valence electrons. The van der Waals surface area contributed by atoms with Gasteiger partial charge < -0.3 is 52.2 Å². The smallest absolute Gasteiger partial charge is 0.858 e. The first-order chi connectivity index (χ1) is 18.2. The Hall–Kier alpha value is -5.16. The molecule has 18 N–H and O–H groups in total. The largest absolute Gasteiger partial charge is 2.00 e. The van der Waals surface area contributed by atoms with Crippen LogP contribution in [-0.2, 0) is 80.5 Å². The van der Waals surface area contributed by atoms with Gasteiger partial charge in [0.05, 0.1) is 0 Å². The molecule has 0 saturated carbocycles. The predicted octanol–water partition coefficient (Wildman–Crippen LogP) is -7.22. The van der Waals surface area contributed by atoms with Gasteiger partial charge in [-0.25, -0.2) is 9.59 Å². The van der Waals surface area contributed by atoms with Crippen molar-refractivity contribution in [2.45, 2.75) is 0 Å². The molecule has 0 aromatic carbocycles. The van der Waals surface area contributed by atoms with E-state index in [1.165, 1.54) is 48.5 Å². The van der Waals surface area contributed by atoms with Gasteiger partial charge in [0.2, 0.25) is 0 Å². The van der Waals surface area contributed by atoms with Crippen molar-refractivity contribution >= 4 is 0 Å². The molecule has 4 aliphatic rings. The minimum atomic E-state index is -0.469. The Morgan fingerprint density at radius 2 is 0.800 bits per heavy atom. The van der Waals surface area contributed by atoms with E-state index in [4.69, 9.17) is 0 Å². The number of hydrogen-bond acceptors (Lipinski definition) is 12. The number of rotatable bonds is 1. The average Bonchev–Trinajstić information content (AvgIpc) is 3.65. The topological polar surface area (TPSA) is 401 Å². The Morgan fingerprint density at radius 3 is 1.09 bits per heavy atom. The first-order valence-electron chi connectivity index (χ1n) is 10.9. The molecule has 0 unspecified atom stereocenters. The van der Waals surface area contributed by atoms with Gasteiger partial charge in [0.25, 0.3) is 0 Å². The Balaban J connectivity index is -0.000000260. The fraction of sp³-hybridized carbons (Fsp3) is 0.182. The summed E-state index contributed by atoms with van der Waals surface area (Å²) in [7, 11) is 5.80. The van der Waals surface area contributed by atoms with Crippen molar-refractivity contribution in [2.24, 2.45) is 28.2 Å². The second-order valence-corrected chi connectivity index (χ2v) is 7.81. The molecular formula is C22H38N12O10Zn+6. The fourth-order valence-corrected chi connectivity index (χ4v) is 3.34. The molecular weight excluding hydrogens is 658 g/mol. The summed E-state index contributed by atoms with van der Waals surface area (Å²) in [6.07, 6.45) is 7.15. The summed E-state index contributed by atoms with van der Waals surface area (Å²) in [5.41, 5.74) is 1.72. The summed E-state index contributed by atoms with van der Waals surface area (Å²) in [5.74, 6) is -0.507. The van der Waals surface area contributed by atoms with E-state index in [0.29, 0.717) is 0 Å². The molecule has 0 aliphatic carbocycles. The molecule has 0 spiro atoms. The number of nitrogens with zero attached hydrogens (tertiary/aromatic N) is 12. The van der Waals surface area contributed by atoms with Gasteiger partial charge in [0.15, 0.2) is 11.6 Å². The molecule has 6 heterocycles. The van der Waals surface area contributed by atoms with Gasteiger partial charge in [-0.15, -0.1) is 20.4 Å². The van der Waals surface area contributed by atoms with Crippen LogP contribution in [0.15, 0.2) is 58.6 Å². The van der Waals surface area contributed by atoms with Gasteiger partial charge >= 0.3 is 30.9 Å². The molecule has 23 heteroatoms. The van der Waals surface area contributed by atoms with E-state index in [-0.39, 0.29) is 75.4 Å². The van der Waals surface area contributed by atoms with Crippen molar-refractivity contribution in [1.82, 2.24) is 59.1 Å².